The van der Waals surface area contributed by atoms with E-state index in [1.54, 1.807) is 26.1 Å². The van der Waals surface area contributed by atoms with Gasteiger partial charge in [0.25, 0.3) is 0 Å². The van der Waals surface area contributed by atoms with Gasteiger partial charge in [-0.2, -0.15) is 4.72 Å². The van der Waals surface area contributed by atoms with Gasteiger partial charge in [-0.15, -0.1) is 0 Å². The molecule has 2 aromatic carbocycles. The van der Waals surface area contributed by atoms with Gasteiger partial charge in [0.1, 0.15) is 0 Å². The van der Waals surface area contributed by atoms with Crippen LogP contribution in [0.1, 0.15) is 25.5 Å². The maximum Gasteiger partial charge on any atom is 0.241 e. The number of rotatable bonds is 7. The van der Waals surface area contributed by atoms with Gasteiger partial charge in [-0.3, -0.25) is 4.79 Å². The number of carbonyl (C=O) groups excluding carboxylic acids is 1. The van der Waals surface area contributed by atoms with Crippen molar-refractivity contribution in [3.05, 3.63) is 59.1 Å². The summed E-state index contributed by atoms with van der Waals surface area (Å²) in [6.45, 7) is 3.24. The lowest BCUT2D eigenvalue weighted by Gasteiger charge is -2.28. The Morgan fingerprint density at radius 2 is 1.41 bits per heavy atom. The molecule has 2 atom stereocenters. The van der Waals surface area contributed by atoms with Crippen molar-refractivity contribution in [2.45, 2.75) is 35.7 Å². The second-order valence-corrected chi connectivity index (χ2v) is 10.9. The predicted molar refractivity (Wildman–Crippen MR) is 112 cm³/mol. The van der Waals surface area contributed by atoms with Crippen LogP contribution in [0, 0.1) is 0 Å². The number of hydrogen-bond acceptors (Lipinski definition) is 5. The van der Waals surface area contributed by atoms with Crippen LogP contribution in [0.2, 0.25) is 5.02 Å². The molecule has 2 rings (SSSR count). The minimum Gasteiger partial charge on any atom is -0.338 e. The molecule has 29 heavy (non-hydrogen) atoms. The molecule has 0 aliphatic heterocycles. The molecule has 0 bridgehead atoms. The molecule has 0 aliphatic rings. The lowest BCUT2D eigenvalue weighted by molar-refractivity contribution is -0.133. The number of halogens is 1. The molecule has 0 aromatic heterocycles. The van der Waals surface area contributed by atoms with Crippen molar-refractivity contribution in [3.63, 3.8) is 0 Å². The summed E-state index contributed by atoms with van der Waals surface area (Å²) in [6.07, 6.45) is 1.12. The van der Waals surface area contributed by atoms with Gasteiger partial charge in [-0.1, -0.05) is 23.7 Å². The SMILES string of the molecule is CC(c1ccc(S(C)(=O)=O)cc1)N(C)C(=O)[C@H](C)NS(=O)(=O)c1ccc(Cl)cc1. The van der Waals surface area contributed by atoms with E-state index in [1.807, 2.05) is 0 Å². The van der Waals surface area contributed by atoms with E-state index >= 15 is 0 Å². The van der Waals surface area contributed by atoms with E-state index < -0.39 is 37.9 Å². The van der Waals surface area contributed by atoms with E-state index in [4.69, 9.17) is 11.6 Å². The van der Waals surface area contributed by atoms with Crippen LogP contribution in [-0.2, 0) is 24.7 Å². The van der Waals surface area contributed by atoms with Crippen LogP contribution >= 0.6 is 11.6 Å². The summed E-state index contributed by atoms with van der Waals surface area (Å²) in [6, 6.07) is 10.5. The molecule has 2 aromatic rings. The zero-order chi connectivity index (χ0) is 22.0. The highest BCUT2D eigenvalue weighted by Gasteiger charge is 2.27. The van der Waals surface area contributed by atoms with E-state index in [2.05, 4.69) is 4.72 Å². The summed E-state index contributed by atoms with van der Waals surface area (Å²) in [5.41, 5.74) is 0.723. The first-order chi connectivity index (χ1) is 13.3. The third-order valence-corrected chi connectivity index (χ3v) is 7.48. The molecule has 1 N–H and O–H groups in total. The summed E-state index contributed by atoms with van der Waals surface area (Å²) in [4.78, 5) is 14.3. The third kappa shape index (κ3) is 5.79. The van der Waals surface area contributed by atoms with Crippen molar-refractivity contribution in [1.82, 2.24) is 9.62 Å². The number of carbonyl (C=O) groups is 1. The van der Waals surface area contributed by atoms with Crippen molar-refractivity contribution >= 4 is 37.4 Å². The Hall–Kier alpha value is -1.94. The molecule has 0 heterocycles. The standard InChI is InChI=1S/C19H23ClN2O5S2/c1-13(21-29(26,27)18-11-7-16(20)8-12-18)19(23)22(3)14(2)15-5-9-17(10-6-15)28(4,24)25/h5-14,21H,1-4H3/t13-,14?/m0/s1. The van der Waals surface area contributed by atoms with Gasteiger partial charge in [0.05, 0.1) is 21.9 Å². The van der Waals surface area contributed by atoms with Crippen LogP contribution in [0.4, 0.5) is 0 Å². The Bertz CT molecular complexity index is 1080. The minimum absolute atomic E-state index is 0.00798. The average Bonchev–Trinajstić information content (AvgIpc) is 2.65. The van der Waals surface area contributed by atoms with Crippen molar-refractivity contribution in [2.75, 3.05) is 13.3 Å². The number of sulfone groups is 1. The van der Waals surface area contributed by atoms with Gasteiger partial charge in [0, 0.05) is 18.3 Å². The summed E-state index contributed by atoms with van der Waals surface area (Å²) in [5.74, 6) is -0.428. The van der Waals surface area contributed by atoms with E-state index in [-0.39, 0.29) is 9.79 Å². The van der Waals surface area contributed by atoms with Crippen LogP contribution in [0.3, 0.4) is 0 Å². The molecule has 0 saturated carbocycles. The molecule has 0 aliphatic carbocycles. The number of amides is 1. The summed E-state index contributed by atoms with van der Waals surface area (Å²) >= 11 is 5.78. The number of nitrogens with zero attached hydrogens (tertiary/aromatic N) is 1. The molecule has 7 nitrogen and oxygen atoms in total. The largest absolute Gasteiger partial charge is 0.338 e. The quantitative estimate of drug-likeness (QED) is 0.687. The molecule has 0 fully saturated rings. The first-order valence-electron chi connectivity index (χ1n) is 8.67. The number of sulfonamides is 1. The Labute approximate surface area is 176 Å². The monoisotopic (exact) mass is 458 g/mol. The van der Waals surface area contributed by atoms with Crippen LogP contribution < -0.4 is 4.72 Å². The first kappa shape index (κ1) is 23.3. The number of nitrogens with one attached hydrogen (secondary N) is 1. The number of likely N-dealkylation sites (N-methyl/N-ethyl adjacent to an activating group) is 1. The molecule has 158 valence electrons. The summed E-state index contributed by atoms with van der Waals surface area (Å²) < 4.78 is 50.5. The van der Waals surface area contributed by atoms with Crippen molar-refractivity contribution in [3.8, 4) is 0 Å². The molecule has 0 radical (unpaired) electrons. The lowest BCUT2D eigenvalue weighted by Crippen LogP contribution is -2.46. The average molecular weight is 459 g/mol. The molecule has 0 spiro atoms. The molecule has 0 saturated heterocycles. The molecule has 1 amide bonds. The highest BCUT2D eigenvalue weighted by molar-refractivity contribution is 7.90. The van der Waals surface area contributed by atoms with Gasteiger partial charge in [0.2, 0.25) is 15.9 Å². The Morgan fingerprint density at radius 3 is 1.90 bits per heavy atom. The molecule has 10 heteroatoms. The van der Waals surface area contributed by atoms with Crippen molar-refractivity contribution in [2.24, 2.45) is 0 Å². The molecule has 1 unspecified atom stereocenters. The molecular formula is C19H23ClN2O5S2. The predicted octanol–water partition coefficient (Wildman–Crippen LogP) is 2.63. The van der Waals surface area contributed by atoms with E-state index in [9.17, 15) is 21.6 Å². The minimum atomic E-state index is -3.89. The Balaban J connectivity index is 2.12. The Kier molecular flexibility index (Phi) is 7.10. The van der Waals surface area contributed by atoms with E-state index in [0.29, 0.717) is 5.02 Å². The summed E-state index contributed by atoms with van der Waals surface area (Å²) in [5, 5.41) is 0.406. The number of benzene rings is 2. The van der Waals surface area contributed by atoms with Gasteiger partial charge in [-0.05, 0) is 55.8 Å². The summed E-state index contributed by atoms with van der Waals surface area (Å²) in [7, 11) is -5.64. The topological polar surface area (TPSA) is 101 Å². The smallest absolute Gasteiger partial charge is 0.241 e. The van der Waals surface area contributed by atoms with Crippen LogP contribution in [-0.4, -0.2) is 47.0 Å². The van der Waals surface area contributed by atoms with E-state index in [0.717, 1.165) is 11.8 Å². The van der Waals surface area contributed by atoms with Gasteiger partial charge >= 0.3 is 0 Å². The highest BCUT2D eigenvalue weighted by Crippen LogP contribution is 2.22. The van der Waals surface area contributed by atoms with Crippen LogP contribution in [0.25, 0.3) is 0 Å². The number of hydrogen-bond donors (Lipinski definition) is 1. The maximum absolute atomic E-state index is 12.7. The fourth-order valence-electron chi connectivity index (χ4n) is 2.68. The van der Waals surface area contributed by atoms with Gasteiger partial charge < -0.3 is 4.90 Å². The zero-order valence-electron chi connectivity index (χ0n) is 16.5. The third-order valence-electron chi connectivity index (χ3n) is 4.55. The fraction of sp³-hybridized carbons (Fsp3) is 0.316. The second kappa shape index (κ2) is 8.83. The first-order valence-corrected chi connectivity index (χ1v) is 12.4. The van der Waals surface area contributed by atoms with Crippen molar-refractivity contribution in [1.29, 1.82) is 0 Å². The van der Waals surface area contributed by atoms with Gasteiger partial charge in [0.15, 0.2) is 9.84 Å². The normalized spacial score (nSPS) is 14.2. The second-order valence-electron chi connectivity index (χ2n) is 6.76. The molecular weight excluding hydrogens is 436 g/mol. The Morgan fingerprint density at radius 1 is 0.931 bits per heavy atom. The van der Waals surface area contributed by atoms with Gasteiger partial charge in [-0.25, -0.2) is 16.8 Å². The van der Waals surface area contributed by atoms with E-state index in [1.165, 1.54) is 48.2 Å². The van der Waals surface area contributed by atoms with Crippen LogP contribution in [0.15, 0.2) is 58.3 Å². The lowest BCUT2D eigenvalue weighted by atomic mass is 10.1. The maximum atomic E-state index is 12.7. The fourth-order valence-corrected chi connectivity index (χ4v) is 4.63. The highest BCUT2D eigenvalue weighted by atomic mass is 35.5. The van der Waals surface area contributed by atoms with Crippen LogP contribution in [0.5, 0.6) is 0 Å². The zero-order valence-corrected chi connectivity index (χ0v) is 18.8. The van der Waals surface area contributed by atoms with Crippen molar-refractivity contribution < 1.29 is 21.6 Å².